The fourth-order valence-electron chi connectivity index (χ4n) is 3.26. The molecule has 0 N–H and O–H groups in total. The number of halogens is 1. The molecule has 0 saturated carbocycles. The highest BCUT2D eigenvalue weighted by atomic mass is 35.5. The number of aromatic nitrogens is 1. The molecule has 0 spiro atoms. The number of aliphatic imine (C=N–C) groups is 1. The predicted octanol–water partition coefficient (Wildman–Crippen LogP) is 4.55. The maximum atomic E-state index is 13.1. The lowest BCUT2D eigenvalue weighted by atomic mass is 10.2. The summed E-state index contributed by atoms with van der Waals surface area (Å²) in [5.74, 6) is 0.384. The summed E-state index contributed by atoms with van der Waals surface area (Å²) in [6.07, 6.45) is 0.794. The monoisotopic (exact) mass is 429 g/mol. The van der Waals surface area contributed by atoms with Crippen molar-refractivity contribution in [2.24, 2.45) is 4.99 Å². The van der Waals surface area contributed by atoms with Crippen molar-refractivity contribution in [3.63, 3.8) is 0 Å². The third-order valence-corrected chi connectivity index (χ3v) is 6.10. The van der Waals surface area contributed by atoms with Gasteiger partial charge in [-0.3, -0.25) is 19.3 Å². The Morgan fingerprint density at radius 1 is 1.28 bits per heavy atom. The molecule has 8 heteroatoms. The van der Waals surface area contributed by atoms with Gasteiger partial charge in [0.25, 0.3) is 0 Å². The number of amides is 1. The SMILES string of the molecule is C[C@@H]1CSC(N(C(=O)CCCn2c(=O)oc3ccccc32)c2ccc(Cl)cc2)=N1. The van der Waals surface area contributed by atoms with Crippen LogP contribution in [-0.4, -0.2) is 27.4 Å². The van der Waals surface area contributed by atoms with Crippen LogP contribution in [0.15, 0.2) is 62.7 Å². The number of para-hydroxylation sites is 2. The maximum Gasteiger partial charge on any atom is 0.419 e. The van der Waals surface area contributed by atoms with E-state index in [1.165, 1.54) is 0 Å². The highest BCUT2D eigenvalue weighted by Gasteiger charge is 2.26. The zero-order valence-electron chi connectivity index (χ0n) is 15.9. The first-order valence-electron chi connectivity index (χ1n) is 9.40. The van der Waals surface area contributed by atoms with Gasteiger partial charge in [0.2, 0.25) is 5.91 Å². The number of carbonyl (C=O) groups is 1. The molecule has 150 valence electrons. The second-order valence-corrected chi connectivity index (χ2v) is 8.29. The number of carbonyl (C=O) groups excluding carboxylic acids is 1. The molecule has 0 bridgehead atoms. The average Bonchev–Trinajstić information content (AvgIpc) is 3.26. The quantitative estimate of drug-likeness (QED) is 0.596. The number of benzene rings is 2. The Balaban J connectivity index is 1.51. The predicted molar refractivity (Wildman–Crippen MR) is 118 cm³/mol. The Labute approximate surface area is 177 Å². The highest BCUT2D eigenvalue weighted by Crippen LogP contribution is 2.27. The van der Waals surface area contributed by atoms with Crippen LogP contribution >= 0.6 is 23.4 Å². The zero-order chi connectivity index (χ0) is 20.4. The number of thioether (sulfide) groups is 1. The minimum Gasteiger partial charge on any atom is -0.408 e. The molecular formula is C21H20ClN3O3S. The van der Waals surface area contributed by atoms with E-state index in [4.69, 9.17) is 16.0 Å². The molecule has 3 aromatic rings. The summed E-state index contributed by atoms with van der Waals surface area (Å²) in [5, 5.41) is 1.32. The summed E-state index contributed by atoms with van der Waals surface area (Å²) in [6, 6.07) is 14.6. The van der Waals surface area contributed by atoms with Crippen LogP contribution in [0.4, 0.5) is 5.69 Å². The van der Waals surface area contributed by atoms with Gasteiger partial charge in [-0.25, -0.2) is 4.79 Å². The van der Waals surface area contributed by atoms with E-state index in [0.29, 0.717) is 28.7 Å². The van der Waals surface area contributed by atoms with Gasteiger partial charge < -0.3 is 4.42 Å². The summed E-state index contributed by atoms with van der Waals surface area (Å²) < 4.78 is 6.82. The van der Waals surface area contributed by atoms with E-state index in [1.54, 1.807) is 39.4 Å². The third kappa shape index (κ3) is 4.26. The number of nitrogens with zero attached hydrogens (tertiary/aromatic N) is 3. The van der Waals surface area contributed by atoms with Crippen LogP contribution in [0, 0.1) is 0 Å². The average molecular weight is 430 g/mol. The van der Waals surface area contributed by atoms with Gasteiger partial charge >= 0.3 is 5.76 Å². The topological polar surface area (TPSA) is 67.8 Å². The lowest BCUT2D eigenvalue weighted by Gasteiger charge is -2.22. The molecule has 2 aromatic carbocycles. The minimum atomic E-state index is -0.405. The molecule has 1 aliphatic rings. The van der Waals surface area contributed by atoms with Crippen LogP contribution in [0.5, 0.6) is 0 Å². The Morgan fingerprint density at radius 2 is 2.03 bits per heavy atom. The summed E-state index contributed by atoms with van der Waals surface area (Å²) in [5.41, 5.74) is 2.03. The molecular weight excluding hydrogens is 410 g/mol. The second-order valence-electron chi connectivity index (χ2n) is 6.87. The molecule has 4 rings (SSSR count). The van der Waals surface area contributed by atoms with Crippen molar-refractivity contribution in [3.8, 4) is 0 Å². The van der Waals surface area contributed by atoms with Crippen LogP contribution in [-0.2, 0) is 11.3 Å². The lowest BCUT2D eigenvalue weighted by Crippen LogP contribution is -2.34. The third-order valence-electron chi connectivity index (χ3n) is 4.66. The van der Waals surface area contributed by atoms with E-state index in [1.807, 2.05) is 37.3 Å². The van der Waals surface area contributed by atoms with E-state index < -0.39 is 5.76 Å². The normalized spacial score (nSPS) is 16.2. The standard InChI is InChI=1S/C21H20ClN3O3S/c1-14-13-29-20(23-14)25(16-10-8-15(22)9-11-16)19(26)7-4-12-24-17-5-2-3-6-18(17)28-21(24)27/h2-3,5-6,8-11,14H,4,7,12-13H2,1H3/t14-/m1/s1. The largest absolute Gasteiger partial charge is 0.419 e. The minimum absolute atomic E-state index is 0.0616. The first kappa shape index (κ1) is 19.8. The van der Waals surface area contributed by atoms with Crippen molar-refractivity contribution >= 4 is 51.2 Å². The summed E-state index contributed by atoms with van der Waals surface area (Å²) in [6.45, 7) is 2.44. The van der Waals surface area contributed by atoms with Crippen molar-refractivity contribution in [2.75, 3.05) is 10.7 Å². The number of oxazole rings is 1. The number of hydrogen-bond donors (Lipinski definition) is 0. The van der Waals surface area contributed by atoms with Crippen molar-refractivity contribution in [1.82, 2.24) is 4.57 Å². The fourth-order valence-corrected chi connectivity index (χ4v) is 4.44. The van der Waals surface area contributed by atoms with Gasteiger partial charge in [-0.1, -0.05) is 35.5 Å². The molecule has 6 nitrogen and oxygen atoms in total. The molecule has 0 radical (unpaired) electrons. The molecule has 29 heavy (non-hydrogen) atoms. The van der Waals surface area contributed by atoms with E-state index in [2.05, 4.69) is 4.99 Å². The van der Waals surface area contributed by atoms with Crippen LogP contribution < -0.4 is 10.7 Å². The summed E-state index contributed by atoms with van der Waals surface area (Å²) >= 11 is 7.58. The second kappa shape index (κ2) is 8.47. The number of aryl methyl sites for hydroxylation is 1. The fraction of sp³-hybridized carbons (Fsp3) is 0.286. The Morgan fingerprint density at radius 3 is 2.76 bits per heavy atom. The molecule has 1 aliphatic heterocycles. The van der Waals surface area contributed by atoms with Gasteiger partial charge in [0, 0.05) is 23.7 Å². The van der Waals surface area contributed by atoms with Crippen LogP contribution in [0.3, 0.4) is 0 Å². The Kier molecular flexibility index (Phi) is 5.78. The van der Waals surface area contributed by atoms with E-state index in [9.17, 15) is 9.59 Å². The Hall–Kier alpha value is -2.51. The molecule has 2 heterocycles. The molecule has 0 unspecified atom stereocenters. The van der Waals surface area contributed by atoms with Crippen LogP contribution in [0.25, 0.3) is 11.1 Å². The number of amidine groups is 1. The van der Waals surface area contributed by atoms with Crippen LogP contribution in [0.2, 0.25) is 5.02 Å². The van der Waals surface area contributed by atoms with E-state index in [0.717, 1.165) is 17.0 Å². The lowest BCUT2D eigenvalue weighted by molar-refractivity contribution is -0.117. The number of anilines is 1. The summed E-state index contributed by atoms with van der Waals surface area (Å²) in [4.78, 5) is 31.5. The number of fused-ring (bicyclic) bond motifs is 1. The van der Waals surface area contributed by atoms with Gasteiger partial charge in [0.1, 0.15) is 0 Å². The van der Waals surface area contributed by atoms with Gasteiger partial charge in [-0.2, -0.15) is 0 Å². The Bertz CT molecular complexity index is 1120. The van der Waals surface area contributed by atoms with E-state index in [-0.39, 0.29) is 18.4 Å². The number of rotatable bonds is 5. The van der Waals surface area contributed by atoms with Crippen molar-refractivity contribution in [2.45, 2.75) is 32.4 Å². The zero-order valence-corrected chi connectivity index (χ0v) is 17.4. The van der Waals surface area contributed by atoms with Crippen molar-refractivity contribution in [1.29, 1.82) is 0 Å². The summed E-state index contributed by atoms with van der Waals surface area (Å²) in [7, 11) is 0. The first-order chi connectivity index (χ1) is 14.0. The number of hydrogen-bond acceptors (Lipinski definition) is 5. The van der Waals surface area contributed by atoms with Crippen molar-refractivity contribution < 1.29 is 9.21 Å². The molecule has 1 amide bonds. The molecule has 0 aliphatic carbocycles. The van der Waals surface area contributed by atoms with E-state index >= 15 is 0 Å². The first-order valence-corrected chi connectivity index (χ1v) is 10.8. The highest BCUT2D eigenvalue weighted by molar-refractivity contribution is 8.14. The smallest absolute Gasteiger partial charge is 0.408 e. The molecule has 1 aromatic heterocycles. The van der Waals surface area contributed by atoms with Gasteiger partial charge in [-0.15, -0.1) is 0 Å². The molecule has 0 fully saturated rings. The van der Waals surface area contributed by atoms with Gasteiger partial charge in [0.05, 0.1) is 17.2 Å². The molecule has 1 atom stereocenters. The van der Waals surface area contributed by atoms with Crippen LogP contribution in [0.1, 0.15) is 19.8 Å². The maximum absolute atomic E-state index is 13.1. The molecule has 0 saturated heterocycles. The van der Waals surface area contributed by atoms with Gasteiger partial charge in [-0.05, 0) is 49.7 Å². The van der Waals surface area contributed by atoms with Crippen molar-refractivity contribution in [3.05, 3.63) is 64.1 Å². The van der Waals surface area contributed by atoms with Gasteiger partial charge in [0.15, 0.2) is 10.8 Å².